The van der Waals surface area contributed by atoms with Crippen LogP contribution in [0.5, 0.6) is 17.2 Å². The second kappa shape index (κ2) is 12.3. The number of rotatable bonds is 9. The molecule has 0 fully saturated rings. The van der Waals surface area contributed by atoms with Crippen LogP contribution < -0.4 is 14.2 Å². The average Bonchev–Trinajstić information content (AvgIpc) is 2.89. The number of benzene rings is 3. The van der Waals surface area contributed by atoms with Gasteiger partial charge < -0.3 is 14.2 Å². The zero-order chi connectivity index (χ0) is 28.0. The van der Waals surface area contributed by atoms with Crippen molar-refractivity contribution in [2.45, 2.75) is 25.7 Å². The second-order valence-electron chi connectivity index (χ2n) is 8.61. The minimum absolute atomic E-state index is 0.0983. The standard InChI is InChI=1S/C31H28O6S/c1-18(2)29(32)35-24-12-8-21(9-13-24)22-10-14-25(28(17-22)38-7)23-11-15-26(36-30(33)19(3)4)27(16-23)37-31(34)20(5)6/h8-17H,1,3,5H2,2,4,6-7H3. The molecule has 3 aromatic rings. The first-order valence-corrected chi connectivity index (χ1v) is 12.8. The summed E-state index contributed by atoms with van der Waals surface area (Å²) in [5.74, 6) is -1.09. The molecule has 0 bridgehead atoms. The smallest absolute Gasteiger partial charge is 0.338 e. The largest absolute Gasteiger partial charge is 0.423 e. The van der Waals surface area contributed by atoms with Crippen LogP contribution >= 0.6 is 11.8 Å². The Bertz CT molecular complexity index is 1450. The van der Waals surface area contributed by atoms with Crippen molar-refractivity contribution in [3.63, 3.8) is 0 Å². The SMILES string of the molecule is C=C(C)C(=O)Oc1ccc(-c2ccc(-c3ccc(OC(=O)C(=C)C)c(OC(=O)C(=C)C)c3)c(SC)c2)cc1. The number of thioether (sulfide) groups is 1. The van der Waals surface area contributed by atoms with E-state index in [9.17, 15) is 14.4 Å². The molecule has 0 N–H and O–H groups in total. The van der Waals surface area contributed by atoms with E-state index >= 15 is 0 Å². The van der Waals surface area contributed by atoms with Gasteiger partial charge in [-0.05, 0) is 79.6 Å². The first-order valence-electron chi connectivity index (χ1n) is 11.6. The summed E-state index contributed by atoms with van der Waals surface area (Å²) in [5.41, 5.74) is 4.34. The Kier molecular flexibility index (Phi) is 9.10. The summed E-state index contributed by atoms with van der Waals surface area (Å²) in [4.78, 5) is 37.1. The maximum Gasteiger partial charge on any atom is 0.338 e. The van der Waals surface area contributed by atoms with Crippen molar-refractivity contribution in [3.05, 3.63) is 97.1 Å². The lowest BCUT2D eigenvalue weighted by Crippen LogP contribution is -2.12. The van der Waals surface area contributed by atoms with Crippen molar-refractivity contribution < 1.29 is 28.6 Å². The monoisotopic (exact) mass is 528 g/mol. The van der Waals surface area contributed by atoms with E-state index in [4.69, 9.17) is 14.2 Å². The molecule has 3 aromatic carbocycles. The predicted molar refractivity (Wildman–Crippen MR) is 150 cm³/mol. The lowest BCUT2D eigenvalue weighted by Gasteiger charge is -2.15. The molecule has 38 heavy (non-hydrogen) atoms. The first kappa shape index (κ1) is 28.2. The van der Waals surface area contributed by atoms with Gasteiger partial charge in [-0.1, -0.05) is 50.1 Å². The minimum Gasteiger partial charge on any atom is -0.423 e. The van der Waals surface area contributed by atoms with Crippen LogP contribution in [0.4, 0.5) is 0 Å². The van der Waals surface area contributed by atoms with E-state index in [1.165, 1.54) is 13.8 Å². The number of carbonyl (C=O) groups is 3. The van der Waals surface area contributed by atoms with E-state index in [0.717, 1.165) is 27.1 Å². The molecule has 7 heteroatoms. The van der Waals surface area contributed by atoms with Crippen LogP contribution in [0.1, 0.15) is 20.8 Å². The molecule has 0 atom stereocenters. The van der Waals surface area contributed by atoms with Gasteiger partial charge in [-0.3, -0.25) is 0 Å². The van der Waals surface area contributed by atoms with Crippen LogP contribution in [0, 0.1) is 0 Å². The van der Waals surface area contributed by atoms with Crippen molar-refractivity contribution in [1.82, 2.24) is 0 Å². The Morgan fingerprint density at radius 1 is 0.605 bits per heavy atom. The Morgan fingerprint density at radius 2 is 1.11 bits per heavy atom. The van der Waals surface area contributed by atoms with Crippen molar-refractivity contribution >= 4 is 29.7 Å². The van der Waals surface area contributed by atoms with E-state index < -0.39 is 17.9 Å². The third kappa shape index (κ3) is 6.89. The highest BCUT2D eigenvalue weighted by molar-refractivity contribution is 7.98. The lowest BCUT2D eigenvalue weighted by molar-refractivity contribution is -0.132. The molecule has 6 nitrogen and oxygen atoms in total. The van der Waals surface area contributed by atoms with E-state index in [0.29, 0.717) is 11.3 Å². The van der Waals surface area contributed by atoms with Gasteiger partial charge in [0.15, 0.2) is 11.5 Å². The maximum absolute atomic E-state index is 12.3. The van der Waals surface area contributed by atoms with Crippen LogP contribution in [0.2, 0.25) is 0 Å². The zero-order valence-electron chi connectivity index (χ0n) is 21.8. The van der Waals surface area contributed by atoms with E-state index in [2.05, 4.69) is 19.7 Å². The number of carbonyl (C=O) groups excluding carboxylic acids is 3. The molecule has 0 aliphatic heterocycles. The van der Waals surface area contributed by atoms with E-state index in [1.54, 1.807) is 49.0 Å². The highest BCUT2D eigenvalue weighted by Gasteiger charge is 2.17. The fourth-order valence-corrected chi connectivity index (χ4v) is 3.88. The molecular formula is C31H28O6S. The summed E-state index contributed by atoms with van der Waals surface area (Å²) in [6.07, 6.45) is 1.97. The Labute approximate surface area is 226 Å². The molecule has 0 saturated heterocycles. The van der Waals surface area contributed by atoms with Crippen LogP contribution in [-0.2, 0) is 14.4 Å². The molecule has 0 aliphatic rings. The van der Waals surface area contributed by atoms with Crippen LogP contribution in [0.3, 0.4) is 0 Å². The topological polar surface area (TPSA) is 78.9 Å². The van der Waals surface area contributed by atoms with Gasteiger partial charge in [-0.15, -0.1) is 11.8 Å². The Hall–Kier alpha value is -4.36. The second-order valence-corrected chi connectivity index (χ2v) is 9.46. The van der Waals surface area contributed by atoms with Gasteiger partial charge >= 0.3 is 17.9 Å². The summed E-state index contributed by atoms with van der Waals surface area (Å²) >= 11 is 1.56. The van der Waals surface area contributed by atoms with Crippen LogP contribution in [-0.4, -0.2) is 24.2 Å². The van der Waals surface area contributed by atoms with Gasteiger partial charge in [-0.2, -0.15) is 0 Å². The van der Waals surface area contributed by atoms with Crippen molar-refractivity contribution in [3.8, 4) is 39.5 Å². The molecular weight excluding hydrogens is 500 g/mol. The molecule has 3 rings (SSSR count). The predicted octanol–water partition coefficient (Wildman–Crippen LogP) is 7.19. The fourth-order valence-electron chi connectivity index (χ4n) is 3.23. The average molecular weight is 529 g/mol. The summed E-state index contributed by atoms with van der Waals surface area (Å²) in [6.45, 7) is 15.5. The molecule has 0 radical (unpaired) electrons. The summed E-state index contributed by atoms with van der Waals surface area (Å²) in [5, 5.41) is 0. The Morgan fingerprint density at radius 3 is 1.66 bits per heavy atom. The van der Waals surface area contributed by atoms with Crippen molar-refractivity contribution in [2.75, 3.05) is 6.26 Å². The van der Waals surface area contributed by atoms with E-state index in [-0.39, 0.29) is 22.6 Å². The number of esters is 3. The fraction of sp³-hybridized carbons (Fsp3) is 0.129. The molecule has 0 unspecified atom stereocenters. The third-order valence-corrected chi connectivity index (χ3v) is 6.08. The highest BCUT2D eigenvalue weighted by atomic mass is 32.2. The molecule has 0 aliphatic carbocycles. The molecule has 0 heterocycles. The van der Waals surface area contributed by atoms with Gasteiger partial charge in [0.05, 0.1) is 0 Å². The van der Waals surface area contributed by atoms with Gasteiger partial charge in [0, 0.05) is 21.6 Å². The first-order chi connectivity index (χ1) is 18.0. The van der Waals surface area contributed by atoms with Crippen molar-refractivity contribution in [2.24, 2.45) is 0 Å². The van der Waals surface area contributed by atoms with Gasteiger partial charge in [0.1, 0.15) is 5.75 Å². The van der Waals surface area contributed by atoms with E-state index in [1.807, 2.05) is 36.6 Å². The van der Waals surface area contributed by atoms with Crippen molar-refractivity contribution in [1.29, 1.82) is 0 Å². The summed E-state index contributed by atoms with van der Waals surface area (Å²) in [7, 11) is 0. The lowest BCUT2D eigenvalue weighted by atomic mass is 9.99. The van der Waals surface area contributed by atoms with Crippen LogP contribution in [0.15, 0.2) is 102 Å². The zero-order valence-corrected chi connectivity index (χ0v) is 22.6. The van der Waals surface area contributed by atoms with Gasteiger partial charge in [0.2, 0.25) is 0 Å². The molecule has 0 aromatic heterocycles. The van der Waals surface area contributed by atoms with Gasteiger partial charge in [-0.25, -0.2) is 14.4 Å². The van der Waals surface area contributed by atoms with Gasteiger partial charge in [0.25, 0.3) is 0 Å². The summed E-state index contributed by atoms with van der Waals surface area (Å²) < 4.78 is 16.1. The quantitative estimate of drug-likeness (QED) is 0.126. The maximum atomic E-state index is 12.3. The highest BCUT2D eigenvalue weighted by Crippen LogP contribution is 2.39. The molecule has 0 saturated carbocycles. The van der Waals surface area contributed by atoms with Crippen LogP contribution in [0.25, 0.3) is 22.3 Å². The number of hydrogen-bond donors (Lipinski definition) is 0. The third-order valence-electron chi connectivity index (χ3n) is 5.31. The number of hydrogen-bond acceptors (Lipinski definition) is 7. The minimum atomic E-state index is -0.632. The normalized spacial score (nSPS) is 10.3. The summed E-state index contributed by atoms with van der Waals surface area (Å²) in [6, 6.07) is 18.2. The number of ether oxygens (including phenoxy) is 3. The molecule has 194 valence electrons. The molecule has 0 amide bonds. The Balaban J connectivity index is 1.96. The molecule has 0 spiro atoms.